The summed E-state index contributed by atoms with van der Waals surface area (Å²) in [5.74, 6) is 0. The summed E-state index contributed by atoms with van der Waals surface area (Å²) in [6.45, 7) is 4.16. The maximum absolute atomic E-state index is 3.32. The highest BCUT2D eigenvalue weighted by Crippen LogP contribution is 2.17. The number of aryl methyl sites for hydroxylation is 2. The van der Waals surface area contributed by atoms with Crippen molar-refractivity contribution in [3.63, 3.8) is 0 Å². The molecule has 0 aliphatic carbocycles. The normalized spacial score (nSPS) is 10.0. The molecule has 0 amide bonds. The van der Waals surface area contributed by atoms with E-state index < -0.39 is 0 Å². The van der Waals surface area contributed by atoms with Gasteiger partial charge in [-0.05, 0) is 37.6 Å². The number of hydrogen-bond acceptors (Lipinski definition) is 1. The van der Waals surface area contributed by atoms with Crippen LogP contribution < -0.4 is 5.32 Å². The van der Waals surface area contributed by atoms with Gasteiger partial charge in [0, 0.05) is 17.4 Å². The van der Waals surface area contributed by atoms with Crippen molar-refractivity contribution >= 4 is 11.4 Å². The highest BCUT2D eigenvalue weighted by molar-refractivity contribution is 5.59. The van der Waals surface area contributed by atoms with Crippen LogP contribution in [0.3, 0.4) is 0 Å². The molecule has 0 spiro atoms. The molecule has 1 heteroatoms. The van der Waals surface area contributed by atoms with E-state index in [0.717, 1.165) is 11.4 Å². The van der Waals surface area contributed by atoms with E-state index in [1.165, 1.54) is 11.1 Å². The first-order valence-corrected chi connectivity index (χ1v) is 5.06. The van der Waals surface area contributed by atoms with Gasteiger partial charge in [-0.1, -0.05) is 29.8 Å². The summed E-state index contributed by atoms with van der Waals surface area (Å²) in [7, 11) is 0. The zero-order valence-corrected chi connectivity index (χ0v) is 9.04. The van der Waals surface area contributed by atoms with Gasteiger partial charge in [-0.3, -0.25) is 0 Å². The molecule has 1 radical (unpaired) electrons. The lowest BCUT2D eigenvalue weighted by atomic mass is 10.2. The number of benzene rings is 2. The van der Waals surface area contributed by atoms with Gasteiger partial charge in [-0.2, -0.15) is 0 Å². The van der Waals surface area contributed by atoms with Crippen molar-refractivity contribution in [2.45, 2.75) is 13.8 Å². The average molecular weight is 196 g/mol. The van der Waals surface area contributed by atoms with Crippen molar-refractivity contribution in [3.8, 4) is 0 Å². The quantitative estimate of drug-likeness (QED) is 0.769. The Balaban J connectivity index is 2.18. The van der Waals surface area contributed by atoms with Gasteiger partial charge in [0.05, 0.1) is 0 Å². The van der Waals surface area contributed by atoms with E-state index in [4.69, 9.17) is 0 Å². The molecule has 0 atom stereocenters. The lowest BCUT2D eigenvalue weighted by Gasteiger charge is -2.06. The average Bonchev–Trinajstić information content (AvgIpc) is 2.22. The van der Waals surface area contributed by atoms with E-state index in [9.17, 15) is 0 Å². The molecule has 2 rings (SSSR count). The summed E-state index contributed by atoms with van der Waals surface area (Å²) >= 11 is 0. The fraction of sp³-hybridized carbons (Fsp3) is 0.143. The standard InChI is InChI=1S/C14H14N/c1-11-6-8-13(9-7-11)15-14-5-3-4-12(2)10-14/h3-4,6-10,15H,1-2H3. The molecule has 0 aromatic heterocycles. The van der Waals surface area contributed by atoms with E-state index in [0.29, 0.717) is 0 Å². The summed E-state index contributed by atoms with van der Waals surface area (Å²) in [6, 6.07) is 17.6. The highest BCUT2D eigenvalue weighted by atomic mass is 14.9. The van der Waals surface area contributed by atoms with E-state index in [2.05, 4.69) is 55.6 Å². The Kier molecular flexibility index (Phi) is 2.72. The molecule has 0 saturated heterocycles. The Morgan fingerprint density at radius 1 is 0.933 bits per heavy atom. The second kappa shape index (κ2) is 4.18. The third kappa shape index (κ3) is 2.59. The maximum atomic E-state index is 3.32. The summed E-state index contributed by atoms with van der Waals surface area (Å²) < 4.78 is 0. The number of anilines is 2. The van der Waals surface area contributed by atoms with Gasteiger partial charge in [-0.15, -0.1) is 0 Å². The fourth-order valence-electron chi connectivity index (χ4n) is 1.44. The zero-order chi connectivity index (χ0) is 10.7. The zero-order valence-electron chi connectivity index (χ0n) is 9.04. The van der Waals surface area contributed by atoms with Crippen LogP contribution in [0, 0.1) is 19.9 Å². The second-order valence-corrected chi connectivity index (χ2v) is 3.77. The van der Waals surface area contributed by atoms with Crippen molar-refractivity contribution in [2.75, 3.05) is 5.32 Å². The van der Waals surface area contributed by atoms with E-state index in [1.54, 1.807) is 0 Å². The van der Waals surface area contributed by atoms with Crippen molar-refractivity contribution in [2.24, 2.45) is 0 Å². The second-order valence-electron chi connectivity index (χ2n) is 3.77. The van der Waals surface area contributed by atoms with Gasteiger partial charge in [0.2, 0.25) is 0 Å². The molecule has 1 N–H and O–H groups in total. The Morgan fingerprint density at radius 3 is 2.33 bits per heavy atom. The predicted octanol–water partition coefficient (Wildman–Crippen LogP) is 3.85. The van der Waals surface area contributed by atoms with Crippen LogP contribution in [0.15, 0.2) is 42.5 Å². The van der Waals surface area contributed by atoms with Crippen LogP contribution in [0.25, 0.3) is 0 Å². The third-order valence-electron chi connectivity index (χ3n) is 2.29. The smallest absolute Gasteiger partial charge is 0.0467 e. The Morgan fingerprint density at radius 2 is 1.67 bits per heavy atom. The number of nitrogens with one attached hydrogen (secondary N) is 1. The topological polar surface area (TPSA) is 12.0 Å². The molecular weight excluding hydrogens is 182 g/mol. The molecule has 0 saturated carbocycles. The first-order chi connectivity index (χ1) is 7.24. The van der Waals surface area contributed by atoms with Gasteiger partial charge in [0.1, 0.15) is 0 Å². The van der Waals surface area contributed by atoms with Gasteiger partial charge in [0.25, 0.3) is 0 Å². The fourth-order valence-corrected chi connectivity index (χ4v) is 1.44. The monoisotopic (exact) mass is 196 g/mol. The van der Waals surface area contributed by atoms with Crippen LogP contribution in [0.2, 0.25) is 0 Å². The Hall–Kier alpha value is -1.76. The minimum absolute atomic E-state index is 1.01. The molecule has 0 heterocycles. The maximum Gasteiger partial charge on any atom is 0.0467 e. The molecule has 0 aliphatic rings. The molecule has 75 valence electrons. The van der Waals surface area contributed by atoms with E-state index >= 15 is 0 Å². The first-order valence-electron chi connectivity index (χ1n) is 5.06. The summed E-state index contributed by atoms with van der Waals surface area (Å²) in [4.78, 5) is 0. The lowest BCUT2D eigenvalue weighted by Crippen LogP contribution is -1.90. The van der Waals surface area contributed by atoms with E-state index in [-0.39, 0.29) is 0 Å². The predicted molar refractivity (Wildman–Crippen MR) is 64.5 cm³/mol. The molecule has 0 aliphatic heterocycles. The van der Waals surface area contributed by atoms with Crippen molar-refractivity contribution in [1.29, 1.82) is 0 Å². The molecular formula is C14H14N. The lowest BCUT2D eigenvalue weighted by molar-refractivity contribution is 1.43. The number of hydrogen-bond donors (Lipinski definition) is 1. The highest BCUT2D eigenvalue weighted by Gasteiger charge is 1.94. The van der Waals surface area contributed by atoms with Crippen LogP contribution in [0.5, 0.6) is 0 Å². The largest absolute Gasteiger partial charge is 0.355 e. The van der Waals surface area contributed by atoms with Crippen LogP contribution in [0.1, 0.15) is 11.1 Å². The minimum Gasteiger partial charge on any atom is -0.355 e. The molecule has 0 bridgehead atoms. The minimum atomic E-state index is 1.01. The molecule has 15 heavy (non-hydrogen) atoms. The van der Waals surface area contributed by atoms with Gasteiger partial charge in [0.15, 0.2) is 0 Å². The number of rotatable bonds is 2. The van der Waals surface area contributed by atoms with Gasteiger partial charge < -0.3 is 5.32 Å². The van der Waals surface area contributed by atoms with Crippen molar-refractivity contribution < 1.29 is 0 Å². The molecule has 2 aromatic rings. The third-order valence-corrected chi connectivity index (χ3v) is 2.29. The Labute approximate surface area is 90.8 Å². The van der Waals surface area contributed by atoms with Crippen LogP contribution in [-0.4, -0.2) is 0 Å². The van der Waals surface area contributed by atoms with E-state index in [1.807, 2.05) is 12.1 Å². The Bertz CT molecular complexity index is 443. The van der Waals surface area contributed by atoms with Crippen molar-refractivity contribution in [3.05, 3.63) is 59.7 Å². The van der Waals surface area contributed by atoms with Crippen molar-refractivity contribution in [1.82, 2.24) is 0 Å². The van der Waals surface area contributed by atoms with Crippen LogP contribution in [-0.2, 0) is 0 Å². The van der Waals surface area contributed by atoms with Gasteiger partial charge in [-0.25, -0.2) is 0 Å². The first kappa shape index (κ1) is 9.78. The molecule has 1 nitrogen and oxygen atoms in total. The molecule has 0 fully saturated rings. The summed E-state index contributed by atoms with van der Waals surface area (Å²) in [5, 5.41) is 3.32. The molecule has 0 unspecified atom stereocenters. The van der Waals surface area contributed by atoms with Gasteiger partial charge >= 0.3 is 0 Å². The summed E-state index contributed by atoms with van der Waals surface area (Å²) in [5.41, 5.74) is 4.62. The molecule has 2 aromatic carbocycles. The summed E-state index contributed by atoms with van der Waals surface area (Å²) in [6.07, 6.45) is 0. The SMILES string of the molecule is Cc1ccc(Nc2[c]ccc(C)c2)cc1. The van der Waals surface area contributed by atoms with Crippen LogP contribution >= 0.6 is 0 Å². The van der Waals surface area contributed by atoms with Crippen LogP contribution in [0.4, 0.5) is 11.4 Å².